The van der Waals surface area contributed by atoms with Crippen LogP contribution < -0.4 is 0 Å². The summed E-state index contributed by atoms with van der Waals surface area (Å²) >= 11 is 1.83. The lowest BCUT2D eigenvalue weighted by Crippen LogP contribution is -2.43. The number of hydrogen-bond acceptors (Lipinski definition) is 4. The minimum Gasteiger partial charge on any atom is -0.345 e. The van der Waals surface area contributed by atoms with Crippen LogP contribution in [0.1, 0.15) is 5.56 Å². The highest BCUT2D eigenvalue weighted by molar-refractivity contribution is 7.22. The molecule has 32 heavy (non-hydrogen) atoms. The third-order valence-corrected chi connectivity index (χ3v) is 7.66. The average molecular weight is 439 g/mol. The van der Waals surface area contributed by atoms with Crippen LogP contribution in [0.25, 0.3) is 42.7 Å². The van der Waals surface area contributed by atoms with Crippen LogP contribution >= 0.6 is 11.3 Å². The van der Waals surface area contributed by atoms with Gasteiger partial charge < -0.3 is 9.88 Å². The van der Waals surface area contributed by atoms with Crippen molar-refractivity contribution in [2.45, 2.75) is 6.54 Å². The maximum atomic E-state index is 4.72. The highest BCUT2D eigenvalue weighted by atomic mass is 32.1. The second-order valence-corrected chi connectivity index (χ2v) is 9.83. The van der Waals surface area contributed by atoms with Crippen molar-refractivity contribution in [1.29, 1.82) is 0 Å². The van der Waals surface area contributed by atoms with Gasteiger partial charge in [-0.1, -0.05) is 42.5 Å². The van der Waals surface area contributed by atoms with Gasteiger partial charge in [-0.2, -0.15) is 0 Å². The first kappa shape index (κ1) is 19.7. The lowest BCUT2D eigenvalue weighted by atomic mass is 10.0. The fourth-order valence-electron chi connectivity index (χ4n) is 4.55. The lowest BCUT2D eigenvalue weighted by molar-refractivity contribution is 0.148. The van der Waals surface area contributed by atoms with E-state index in [9.17, 15) is 0 Å². The van der Waals surface area contributed by atoms with Gasteiger partial charge in [0.25, 0.3) is 0 Å². The van der Waals surface area contributed by atoms with Crippen LogP contribution in [0.5, 0.6) is 0 Å². The van der Waals surface area contributed by atoms with Crippen molar-refractivity contribution in [3.8, 4) is 21.6 Å². The van der Waals surface area contributed by atoms with E-state index in [0.717, 1.165) is 43.9 Å². The quantitative estimate of drug-likeness (QED) is 0.382. The van der Waals surface area contributed by atoms with Crippen molar-refractivity contribution in [2.75, 3.05) is 33.2 Å². The van der Waals surface area contributed by atoms with E-state index in [0.29, 0.717) is 0 Å². The summed E-state index contributed by atoms with van der Waals surface area (Å²) in [7, 11) is 2.20. The summed E-state index contributed by atoms with van der Waals surface area (Å²) in [6.07, 6.45) is 4.06. The SMILES string of the molecule is CN1CCN(Cc2ccc(-c3cnc4[nH]cc(-c5cc6ccccc6s5)c4c3)cc2)CC1. The molecular formula is C27H26N4S. The van der Waals surface area contributed by atoms with Crippen LogP contribution in [0.3, 0.4) is 0 Å². The number of piperazine rings is 1. The molecule has 1 saturated heterocycles. The Morgan fingerprint density at radius 1 is 0.938 bits per heavy atom. The van der Waals surface area contributed by atoms with E-state index in [1.807, 2.05) is 17.5 Å². The highest BCUT2D eigenvalue weighted by Gasteiger charge is 2.14. The normalized spacial score (nSPS) is 15.7. The van der Waals surface area contributed by atoms with Crippen LogP contribution in [-0.4, -0.2) is 53.0 Å². The Morgan fingerprint density at radius 3 is 2.56 bits per heavy atom. The molecule has 4 nitrogen and oxygen atoms in total. The van der Waals surface area contributed by atoms with Gasteiger partial charge in [-0.05, 0) is 41.8 Å². The molecule has 0 radical (unpaired) electrons. The number of fused-ring (bicyclic) bond motifs is 2. The molecule has 0 spiro atoms. The van der Waals surface area contributed by atoms with Crippen LogP contribution in [0, 0.1) is 0 Å². The predicted molar refractivity (Wildman–Crippen MR) is 135 cm³/mol. The van der Waals surface area contributed by atoms with Crippen molar-refractivity contribution >= 4 is 32.5 Å². The number of thiophene rings is 1. The first-order valence-corrected chi connectivity index (χ1v) is 12.0. The molecule has 5 heteroatoms. The number of H-pyrrole nitrogens is 1. The highest BCUT2D eigenvalue weighted by Crippen LogP contribution is 2.37. The van der Waals surface area contributed by atoms with E-state index >= 15 is 0 Å². The molecule has 1 aliphatic rings. The summed E-state index contributed by atoms with van der Waals surface area (Å²) in [4.78, 5) is 14.3. The predicted octanol–water partition coefficient (Wildman–Crippen LogP) is 5.86. The van der Waals surface area contributed by atoms with Gasteiger partial charge in [0.05, 0.1) is 0 Å². The number of rotatable bonds is 4. The molecule has 0 aliphatic carbocycles. The van der Waals surface area contributed by atoms with Gasteiger partial charge in [-0.25, -0.2) is 4.98 Å². The van der Waals surface area contributed by atoms with Crippen molar-refractivity contribution in [1.82, 2.24) is 19.8 Å². The Balaban J connectivity index is 1.28. The van der Waals surface area contributed by atoms with Crippen molar-refractivity contribution in [2.24, 2.45) is 0 Å². The van der Waals surface area contributed by atoms with Gasteiger partial charge in [-0.3, -0.25) is 4.90 Å². The van der Waals surface area contributed by atoms with Gasteiger partial charge in [-0.15, -0.1) is 11.3 Å². The Morgan fingerprint density at radius 2 is 1.75 bits per heavy atom. The van der Waals surface area contributed by atoms with Crippen LogP contribution in [0.15, 0.2) is 73.1 Å². The van der Waals surface area contributed by atoms with Gasteiger partial charge in [0.1, 0.15) is 5.65 Å². The third kappa shape index (κ3) is 3.73. The molecule has 160 valence electrons. The maximum Gasteiger partial charge on any atom is 0.137 e. The summed E-state index contributed by atoms with van der Waals surface area (Å²) < 4.78 is 1.32. The smallest absolute Gasteiger partial charge is 0.137 e. The van der Waals surface area contributed by atoms with Crippen LogP contribution in [-0.2, 0) is 6.54 Å². The Bertz CT molecular complexity index is 1340. The van der Waals surface area contributed by atoms with Crippen molar-refractivity contribution < 1.29 is 0 Å². The number of aromatic nitrogens is 2. The number of hydrogen-bond donors (Lipinski definition) is 1. The molecular weight excluding hydrogens is 412 g/mol. The van der Waals surface area contributed by atoms with Gasteiger partial charge in [0, 0.05) is 71.2 Å². The van der Waals surface area contributed by atoms with Crippen molar-refractivity contribution in [3.63, 3.8) is 0 Å². The van der Waals surface area contributed by atoms with Crippen molar-refractivity contribution in [3.05, 3.63) is 78.6 Å². The summed E-state index contributed by atoms with van der Waals surface area (Å²) in [5.41, 5.74) is 5.91. The standard InChI is InChI=1S/C27H26N4S/c1-30-10-12-31(13-11-30)18-19-6-8-20(9-7-19)22-14-23-24(17-29-27(23)28-16-22)26-15-21-4-2-3-5-25(21)32-26/h2-9,14-17H,10-13,18H2,1H3,(H,28,29). The summed E-state index contributed by atoms with van der Waals surface area (Å²) in [6.45, 7) is 5.63. The number of benzene rings is 2. The summed E-state index contributed by atoms with van der Waals surface area (Å²) in [6, 6.07) is 22.1. The Hall–Kier alpha value is -2.99. The number of nitrogens with one attached hydrogen (secondary N) is 1. The fourth-order valence-corrected chi connectivity index (χ4v) is 5.64. The average Bonchev–Trinajstić information content (AvgIpc) is 3.44. The molecule has 5 aromatic rings. The summed E-state index contributed by atoms with van der Waals surface area (Å²) in [5.74, 6) is 0. The molecule has 6 rings (SSSR count). The molecule has 3 aromatic heterocycles. The molecule has 0 amide bonds. The molecule has 0 saturated carbocycles. The molecule has 1 N–H and O–H groups in total. The maximum absolute atomic E-state index is 4.72. The number of pyridine rings is 1. The third-order valence-electron chi connectivity index (χ3n) is 6.51. The first-order chi connectivity index (χ1) is 15.7. The van der Waals surface area contributed by atoms with E-state index in [2.05, 4.69) is 88.7 Å². The monoisotopic (exact) mass is 438 g/mol. The second-order valence-electron chi connectivity index (χ2n) is 8.75. The van der Waals surface area contributed by atoms with Crippen LogP contribution in [0.2, 0.25) is 0 Å². The zero-order valence-electron chi connectivity index (χ0n) is 18.2. The number of aromatic amines is 1. The van der Waals surface area contributed by atoms with E-state index in [1.54, 1.807) is 0 Å². The molecule has 0 unspecified atom stereocenters. The second kappa shape index (κ2) is 8.17. The zero-order chi connectivity index (χ0) is 21.5. The molecule has 1 fully saturated rings. The topological polar surface area (TPSA) is 35.2 Å². The van der Waals surface area contributed by atoms with Gasteiger partial charge >= 0.3 is 0 Å². The van der Waals surface area contributed by atoms with E-state index in [-0.39, 0.29) is 0 Å². The lowest BCUT2D eigenvalue weighted by Gasteiger charge is -2.32. The van der Waals surface area contributed by atoms with E-state index < -0.39 is 0 Å². The van der Waals surface area contributed by atoms with Crippen LogP contribution in [0.4, 0.5) is 0 Å². The number of likely N-dealkylation sites (N-methyl/N-ethyl adjacent to an activating group) is 1. The zero-order valence-corrected chi connectivity index (χ0v) is 19.0. The Labute approximate surface area is 192 Å². The van der Waals surface area contributed by atoms with Gasteiger partial charge in [0.15, 0.2) is 0 Å². The minimum absolute atomic E-state index is 0.938. The first-order valence-electron chi connectivity index (χ1n) is 11.2. The molecule has 0 atom stereocenters. The molecule has 4 heterocycles. The molecule has 2 aromatic carbocycles. The van der Waals surface area contributed by atoms with E-state index in [4.69, 9.17) is 4.98 Å². The molecule has 1 aliphatic heterocycles. The fraction of sp³-hybridized carbons (Fsp3) is 0.222. The minimum atomic E-state index is 0.938. The molecule has 0 bridgehead atoms. The number of nitrogens with zero attached hydrogens (tertiary/aromatic N) is 3. The Kier molecular flexibility index (Phi) is 5.02. The summed E-state index contributed by atoms with van der Waals surface area (Å²) in [5, 5.41) is 2.47. The largest absolute Gasteiger partial charge is 0.345 e. The van der Waals surface area contributed by atoms with E-state index in [1.165, 1.54) is 37.0 Å². The van der Waals surface area contributed by atoms with Gasteiger partial charge in [0.2, 0.25) is 0 Å².